The van der Waals surface area contributed by atoms with E-state index in [1.807, 2.05) is 24.3 Å². The third-order valence-corrected chi connectivity index (χ3v) is 4.36. The molecule has 0 radical (unpaired) electrons. The average Bonchev–Trinajstić information content (AvgIpc) is 2.95. The van der Waals surface area contributed by atoms with E-state index in [2.05, 4.69) is 15.0 Å². The minimum atomic E-state index is -0.499. The lowest BCUT2D eigenvalue weighted by molar-refractivity contribution is 0.0950. The molecule has 0 fully saturated rings. The summed E-state index contributed by atoms with van der Waals surface area (Å²) in [6.07, 6.45) is 0. The molecule has 1 amide bonds. The maximum atomic E-state index is 13.7. The summed E-state index contributed by atoms with van der Waals surface area (Å²) in [4.78, 5) is 12.1. The molecule has 0 aliphatic carbocycles. The molecule has 0 aliphatic rings. The number of carbonyl (C=O) groups excluding carboxylic acids is 1. The van der Waals surface area contributed by atoms with E-state index in [9.17, 15) is 9.18 Å². The Morgan fingerprint density at radius 1 is 1.17 bits per heavy atom. The summed E-state index contributed by atoms with van der Waals surface area (Å²) < 4.78 is 19.2. The van der Waals surface area contributed by atoms with Crippen LogP contribution in [-0.2, 0) is 0 Å². The van der Waals surface area contributed by atoms with Crippen LogP contribution in [0.2, 0.25) is 0 Å². The molecule has 0 spiro atoms. The van der Waals surface area contributed by atoms with Crippen molar-refractivity contribution in [2.45, 2.75) is 6.92 Å². The smallest absolute Gasteiger partial charge is 0.254 e. The molecule has 1 aromatic heterocycles. The van der Waals surface area contributed by atoms with Crippen LogP contribution in [-0.4, -0.2) is 23.4 Å². The Morgan fingerprint density at radius 3 is 2.83 bits per heavy atom. The van der Waals surface area contributed by atoms with Crippen molar-refractivity contribution in [3.8, 4) is 0 Å². The lowest BCUT2D eigenvalue weighted by Gasteiger charge is -2.09. The highest BCUT2D eigenvalue weighted by Gasteiger charge is 2.13. The number of halogens is 1. The molecular weight excluding hydrogens is 313 g/mol. The number of aromatic nitrogens is 1. The third-order valence-electron chi connectivity index (χ3n) is 3.53. The number of hydrogen-bond donors (Lipinski definition) is 2. The van der Waals surface area contributed by atoms with Gasteiger partial charge in [-0.25, -0.2) is 4.39 Å². The van der Waals surface area contributed by atoms with Crippen molar-refractivity contribution in [2.24, 2.45) is 0 Å². The van der Waals surface area contributed by atoms with Crippen molar-refractivity contribution in [1.29, 1.82) is 0 Å². The zero-order chi connectivity index (χ0) is 16.2. The van der Waals surface area contributed by atoms with E-state index in [1.165, 1.54) is 17.6 Å². The van der Waals surface area contributed by atoms with Gasteiger partial charge in [-0.05, 0) is 42.2 Å². The van der Waals surface area contributed by atoms with Crippen LogP contribution in [0.3, 0.4) is 0 Å². The minimum absolute atomic E-state index is 0.103. The number of nitrogens with one attached hydrogen (secondary N) is 2. The normalized spacial score (nSPS) is 10.7. The maximum absolute atomic E-state index is 13.7. The van der Waals surface area contributed by atoms with Gasteiger partial charge < -0.3 is 10.6 Å². The van der Waals surface area contributed by atoms with E-state index in [-0.39, 0.29) is 5.56 Å². The van der Waals surface area contributed by atoms with Crippen molar-refractivity contribution in [3.63, 3.8) is 0 Å². The molecule has 0 saturated carbocycles. The van der Waals surface area contributed by atoms with Gasteiger partial charge in [-0.2, -0.15) is 4.37 Å². The van der Waals surface area contributed by atoms with Gasteiger partial charge >= 0.3 is 0 Å². The van der Waals surface area contributed by atoms with E-state index in [0.29, 0.717) is 18.7 Å². The monoisotopic (exact) mass is 329 g/mol. The Labute approximate surface area is 137 Å². The van der Waals surface area contributed by atoms with Crippen molar-refractivity contribution in [3.05, 3.63) is 59.4 Å². The van der Waals surface area contributed by atoms with Gasteiger partial charge in [0.15, 0.2) is 0 Å². The second-order valence-corrected chi connectivity index (χ2v) is 5.95. The Balaban J connectivity index is 1.57. The largest absolute Gasteiger partial charge is 0.367 e. The standard InChI is InChI=1S/C17H16FN3OS/c1-11-5-4-7-13(18)15(11)17(22)20-10-9-19-16-12-6-2-3-8-14(12)23-21-16/h2-8H,9-10H2,1H3,(H,19,21)(H,20,22). The van der Waals surface area contributed by atoms with Crippen molar-refractivity contribution >= 4 is 33.3 Å². The topological polar surface area (TPSA) is 54.0 Å². The second kappa shape index (κ2) is 6.75. The van der Waals surface area contributed by atoms with Crippen LogP contribution in [0, 0.1) is 12.7 Å². The highest BCUT2D eigenvalue weighted by atomic mass is 32.1. The first kappa shape index (κ1) is 15.4. The predicted octanol–water partition coefficient (Wildman–Crippen LogP) is 3.59. The SMILES string of the molecule is Cc1cccc(F)c1C(=O)NCCNc1nsc2ccccc12. The van der Waals surface area contributed by atoms with Crippen LogP contribution >= 0.6 is 11.5 Å². The van der Waals surface area contributed by atoms with Gasteiger partial charge in [0, 0.05) is 18.5 Å². The fourth-order valence-corrected chi connectivity index (χ4v) is 3.13. The van der Waals surface area contributed by atoms with Gasteiger partial charge in [0.2, 0.25) is 0 Å². The van der Waals surface area contributed by atoms with Crippen LogP contribution in [0.5, 0.6) is 0 Å². The average molecular weight is 329 g/mol. The van der Waals surface area contributed by atoms with E-state index in [1.54, 1.807) is 19.1 Å². The zero-order valence-electron chi connectivity index (χ0n) is 12.6. The molecule has 0 atom stereocenters. The van der Waals surface area contributed by atoms with Crippen molar-refractivity contribution in [2.75, 3.05) is 18.4 Å². The van der Waals surface area contributed by atoms with Crippen LogP contribution in [0.1, 0.15) is 15.9 Å². The van der Waals surface area contributed by atoms with Gasteiger partial charge in [0.25, 0.3) is 5.91 Å². The summed E-state index contributed by atoms with van der Waals surface area (Å²) >= 11 is 1.43. The Morgan fingerprint density at radius 2 is 2.00 bits per heavy atom. The van der Waals surface area contributed by atoms with Gasteiger partial charge in [0.1, 0.15) is 11.6 Å². The molecule has 0 unspecified atom stereocenters. The molecule has 4 nitrogen and oxygen atoms in total. The summed E-state index contributed by atoms with van der Waals surface area (Å²) in [5, 5.41) is 6.98. The highest BCUT2D eigenvalue weighted by Crippen LogP contribution is 2.25. The number of nitrogens with zero attached hydrogens (tertiary/aromatic N) is 1. The first-order valence-corrected chi connectivity index (χ1v) is 8.06. The fraction of sp³-hybridized carbons (Fsp3) is 0.176. The predicted molar refractivity (Wildman–Crippen MR) is 91.6 cm³/mol. The Bertz CT molecular complexity index is 826. The number of aryl methyl sites for hydroxylation is 1. The third kappa shape index (κ3) is 3.32. The summed E-state index contributed by atoms with van der Waals surface area (Å²) in [6, 6.07) is 12.6. The Kier molecular flexibility index (Phi) is 4.52. The summed E-state index contributed by atoms with van der Waals surface area (Å²) in [6.45, 7) is 2.63. The second-order valence-electron chi connectivity index (χ2n) is 5.14. The molecule has 2 aromatic carbocycles. The summed E-state index contributed by atoms with van der Waals surface area (Å²) in [7, 11) is 0. The number of amides is 1. The Hall–Kier alpha value is -2.47. The van der Waals surface area contributed by atoms with Gasteiger partial charge in [-0.1, -0.05) is 24.3 Å². The lowest BCUT2D eigenvalue weighted by atomic mass is 10.1. The van der Waals surface area contributed by atoms with Crippen LogP contribution in [0.4, 0.5) is 10.2 Å². The number of rotatable bonds is 5. The van der Waals surface area contributed by atoms with E-state index < -0.39 is 11.7 Å². The minimum Gasteiger partial charge on any atom is -0.367 e. The molecule has 3 aromatic rings. The first-order chi connectivity index (χ1) is 11.2. The maximum Gasteiger partial charge on any atom is 0.254 e. The number of anilines is 1. The van der Waals surface area contributed by atoms with Crippen molar-refractivity contribution < 1.29 is 9.18 Å². The van der Waals surface area contributed by atoms with Crippen LogP contribution < -0.4 is 10.6 Å². The molecule has 0 aliphatic heterocycles. The molecule has 2 N–H and O–H groups in total. The van der Waals surface area contributed by atoms with Gasteiger partial charge in [-0.15, -0.1) is 0 Å². The molecule has 0 saturated heterocycles. The highest BCUT2D eigenvalue weighted by molar-refractivity contribution is 7.13. The summed E-state index contributed by atoms with van der Waals surface area (Å²) in [5.74, 6) is -0.0894. The number of carbonyl (C=O) groups is 1. The quantitative estimate of drug-likeness (QED) is 0.704. The molecule has 6 heteroatoms. The zero-order valence-corrected chi connectivity index (χ0v) is 13.4. The molecule has 1 heterocycles. The van der Waals surface area contributed by atoms with E-state index in [0.717, 1.165) is 15.9 Å². The number of hydrogen-bond acceptors (Lipinski definition) is 4. The van der Waals surface area contributed by atoms with Crippen LogP contribution in [0.15, 0.2) is 42.5 Å². The van der Waals surface area contributed by atoms with Crippen LogP contribution in [0.25, 0.3) is 10.1 Å². The molecule has 3 rings (SSSR count). The molecule has 23 heavy (non-hydrogen) atoms. The first-order valence-electron chi connectivity index (χ1n) is 7.28. The van der Waals surface area contributed by atoms with Crippen molar-refractivity contribution in [1.82, 2.24) is 9.69 Å². The number of benzene rings is 2. The molecular formula is C17H16FN3OS. The van der Waals surface area contributed by atoms with Gasteiger partial charge in [-0.3, -0.25) is 4.79 Å². The van der Waals surface area contributed by atoms with Gasteiger partial charge in [0.05, 0.1) is 10.3 Å². The summed E-state index contributed by atoms with van der Waals surface area (Å²) in [5.41, 5.74) is 0.729. The number of fused-ring (bicyclic) bond motifs is 1. The van der Waals surface area contributed by atoms with E-state index >= 15 is 0 Å². The molecule has 0 bridgehead atoms. The molecule has 118 valence electrons. The lowest BCUT2D eigenvalue weighted by Crippen LogP contribution is -2.30. The van der Waals surface area contributed by atoms with E-state index in [4.69, 9.17) is 0 Å². The fourth-order valence-electron chi connectivity index (χ4n) is 2.38.